The standard InChI is InChI=1S/C16H25N/c1-13(11-14-9-10-14)17-12-16(2,3)15-7-5-4-6-8-15/h4-8,13-14,17H,9-12H2,1-3H3. The molecule has 2 rings (SSSR count). The molecule has 1 aliphatic carbocycles. The summed E-state index contributed by atoms with van der Waals surface area (Å²) in [6, 6.07) is 11.5. The molecule has 1 nitrogen and oxygen atoms in total. The molecule has 0 bridgehead atoms. The van der Waals surface area contributed by atoms with Gasteiger partial charge in [0.2, 0.25) is 0 Å². The summed E-state index contributed by atoms with van der Waals surface area (Å²) in [5.41, 5.74) is 1.64. The van der Waals surface area contributed by atoms with Crippen LogP contribution in [0.25, 0.3) is 0 Å². The van der Waals surface area contributed by atoms with E-state index in [0.29, 0.717) is 6.04 Å². The molecule has 1 unspecified atom stereocenters. The Balaban J connectivity index is 1.84. The van der Waals surface area contributed by atoms with Gasteiger partial charge in [0.05, 0.1) is 0 Å². The first kappa shape index (κ1) is 12.6. The van der Waals surface area contributed by atoms with Crippen LogP contribution in [-0.4, -0.2) is 12.6 Å². The molecule has 0 saturated heterocycles. The van der Waals surface area contributed by atoms with Gasteiger partial charge >= 0.3 is 0 Å². The molecule has 0 heterocycles. The molecule has 1 aromatic carbocycles. The Morgan fingerprint density at radius 3 is 2.47 bits per heavy atom. The molecule has 1 atom stereocenters. The maximum absolute atomic E-state index is 3.69. The summed E-state index contributed by atoms with van der Waals surface area (Å²) in [5, 5.41) is 3.69. The smallest absolute Gasteiger partial charge is 0.00456 e. The molecule has 0 aliphatic heterocycles. The van der Waals surface area contributed by atoms with Crippen LogP contribution in [0.2, 0.25) is 0 Å². The molecule has 0 amide bonds. The SMILES string of the molecule is CC(CC1CC1)NCC(C)(C)c1ccccc1. The highest BCUT2D eigenvalue weighted by Gasteiger charge is 2.25. The lowest BCUT2D eigenvalue weighted by Crippen LogP contribution is -2.38. The van der Waals surface area contributed by atoms with Gasteiger partial charge in [0.15, 0.2) is 0 Å². The van der Waals surface area contributed by atoms with E-state index in [-0.39, 0.29) is 5.41 Å². The van der Waals surface area contributed by atoms with Crippen LogP contribution in [0.15, 0.2) is 30.3 Å². The molecule has 1 fully saturated rings. The summed E-state index contributed by atoms with van der Waals surface area (Å²) in [4.78, 5) is 0. The van der Waals surface area contributed by atoms with Crippen molar-refractivity contribution >= 4 is 0 Å². The minimum atomic E-state index is 0.221. The molecule has 0 spiro atoms. The fourth-order valence-electron chi connectivity index (χ4n) is 2.36. The highest BCUT2D eigenvalue weighted by molar-refractivity contribution is 5.23. The van der Waals surface area contributed by atoms with Crippen LogP contribution in [0.4, 0.5) is 0 Å². The van der Waals surface area contributed by atoms with Gasteiger partial charge in [-0.1, -0.05) is 57.0 Å². The van der Waals surface area contributed by atoms with Gasteiger partial charge in [-0.3, -0.25) is 0 Å². The van der Waals surface area contributed by atoms with E-state index in [4.69, 9.17) is 0 Å². The van der Waals surface area contributed by atoms with E-state index < -0.39 is 0 Å². The van der Waals surface area contributed by atoms with Crippen molar-refractivity contribution in [1.82, 2.24) is 5.32 Å². The van der Waals surface area contributed by atoms with Crippen molar-refractivity contribution in [1.29, 1.82) is 0 Å². The minimum Gasteiger partial charge on any atom is -0.313 e. The molecule has 0 radical (unpaired) electrons. The van der Waals surface area contributed by atoms with Crippen molar-refractivity contribution in [3.05, 3.63) is 35.9 Å². The summed E-state index contributed by atoms with van der Waals surface area (Å²) >= 11 is 0. The maximum Gasteiger partial charge on any atom is 0.00456 e. The van der Waals surface area contributed by atoms with E-state index in [9.17, 15) is 0 Å². The number of hydrogen-bond acceptors (Lipinski definition) is 1. The van der Waals surface area contributed by atoms with Crippen LogP contribution < -0.4 is 5.32 Å². The Morgan fingerprint density at radius 2 is 1.88 bits per heavy atom. The van der Waals surface area contributed by atoms with Gasteiger partial charge in [0.1, 0.15) is 0 Å². The summed E-state index contributed by atoms with van der Waals surface area (Å²) in [6.45, 7) is 8.02. The Kier molecular flexibility index (Phi) is 3.88. The summed E-state index contributed by atoms with van der Waals surface area (Å²) in [5.74, 6) is 1.01. The maximum atomic E-state index is 3.69. The van der Waals surface area contributed by atoms with Crippen LogP contribution in [0.5, 0.6) is 0 Å². The highest BCUT2D eigenvalue weighted by atomic mass is 14.9. The van der Waals surface area contributed by atoms with Gasteiger partial charge in [-0.25, -0.2) is 0 Å². The third kappa shape index (κ3) is 3.85. The van der Waals surface area contributed by atoms with E-state index >= 15 is 0 Å². The Bertz CT molecular complexity index is 338. The fraction of sp³-hybridized carbons (Fsp3) is 0.625. The van der Waals surface area contributed by atoms with Gasteiger partial charge in [0.25, 0.3) is 0 Å². The summed E-state index contributed by atoms with van der Waals surface area (Å²) in [7, 11) is 0. The number of rotatable bonds is 6. The predicted molar refractivity (Wildman–Crippen MR) is 74.3 cm³/mol. The van der Waals surface area contributed by atoms with Gasteiger partial charge in [0, 0.05) is 18.0 Å². The first-order valence-corrected chi connectivity index (χ1v) is 6.87. The fourth-order valence-corrected chi connectivity index (χ4v) is 2.36. The van der Waals surface area contributed by atoms with E-state index in [1.165, 1.54) is 24.8 Å². The van der Waals surface area contributed by atoms with Crippen molar-refractivity contribution in [3.8, 4) is 0 Å². The third-order valence-corrected chi connectivity index (χ3v) is 3.83. The van der Waals surface area contributed by atoms with Crippen LogP contribution in [-0.2, 0) is 5.41 Å². The lowest BCUT2D eigenvalue weighted by atomic mass is 9.84. The second kappa shape index (κ2) is 5.22. The van der Waals surface area contributed by atoms with E-state index in [2.05, 4.69) is 56.4 Å². The first-order chi connectivity index (χ1) is 8.08. The zero-order chi connectivity index (χ0) is 12.3. The van der Waals surface area contributed by atoms with Crippen molar-refractivity contribution in [2.24, 2.45) is 5.92 Å². The van der Waals surface area contributed by atoms with Gasteiger partial charge in [-0.05, 0) is 24.8 Å². The minimum absolute atomic E-state index is 0.221. The molecular formula is C16H25N. The third-order valence-electron chi connectivity index (χ3n) is 3.83. The number of nitrogens with one attached hydrogen (secondary N) is 1. The summed E-state index contributed by atoms with van der Waals surface area (Å²) < 4.78 is 0. The zero-order valence-corrected chi connectivity index (χ0v) is 11.4. The predicted octanol–water partition coefficient (Wildman–Crippen LogP) is 3.74. The molecule has 94 valence electrons. The lowest BCUT2D eigenvalue weighted by Gasteiger charge is -2.28. The largest absolute Gasteiger partial charge is 0.313 e. The monoisotopic (exact) mass is 231 g/mol. The zero-order valence-electron chi connectivity index (χ0n) is 11.4. The number of benzene rings is 1. The lowest BCUT2D eigenvalue weighted by molar-refractivity contribution is 0.407. The average Bonchev–Trinajstić information content (AvgIpc) is 3.12. The van der Waals surface area contributed by atoms with E-state index in [1.54, 1.807) is 0 Å². The molecule has 1 heteroatoms. The van der Waals surface area contributed by atoms with Crippen molar-refractivity contribution in [3.63, 3.8) is 0 Å². The van der Waals surface area contributed by atoms with Crippen molar-refractivity contribution in [2.75, 3.05) is 6.54 Å². The van der Waals surface area contributed by atoms with Gasteiger partial charge in [-0.2, -0.15) is 0 Å². The van der Waals surface area contributed by atoms with E-state index in [0.717, 1.165) is 12.5 Å². The van der Waals surface area contributed by atoms with Crippen LogP contribution in [0.3, 0.4) is 0 Å². The van der Waals surface area contributed by atoms with Crippen LogP contribution >= 0.6 is 0 Å². The summed E-state index contributed by atoms with van der Waals surface area (Å²) in [6.07, 6.45) is 4.26. The topological polar surface area (TPSA) is 12.0 Å². The van der Waals surface area contributed by atoms with Crippen molar-refractivity contribution in [2.45, 2.75) is 51.5 Å². The molecule has 1 N–H and O–H groups in total. The molecule has 17 heavy (non-hydrogen) atoms. The van der Waals surface area contributed by atoms with E-state index in [1.807, 2.05) is 0 Å². The van der Waals surface area contributed by atoms with Crippen LogP contribution in [0.1, 0.15) is 45.6 Å². The molecule has 0 aromatic heterocycles. The normalized spacial score (nSPS) is 18.1. The average molecular weight is 231 g/mol. The Morgan fingerprint density at radius 1 is 1.24 bits per heavy atom. The quantitative estimate of drug-likeness (QED) is 0.786. The first-order valence-electron chi connectivity index (χ1n) is 6.87. The van der Waals surface area contributed by atoms with Gasteiger partial charge < -0.3 is 5.32 Å². The number of hydrogen-bond donors (Lipinski definition) is 1. The molecule has 1 saturated carbocycles. The second-order valence-electron chi connectivity index (χ2n) is 6.21. The van der Waals surface area contributed by atoms with Gasteiger partial charge in [-0.15, -0.1) is 0 Å². The molecule has 1 aliphatic rings. The highest BCUT2D eigenvalue weighted by Crippen LogP contribution is 2.33. The second-order valence-corrected chi connectivity index (χ2v) is 6.21. The van der Waals surface area contributed by atoms with Crippen LogP contribution in [0, 0.1) is 5.92 Å². The molecule has 1 aromatic rings. The Hall–Kier alpha value is -0.820. The Labute approximate surface area is 106 Å². The molecular weight excluding hydrogens is 206 g/mol. The van der Waals surface area contributed by atoms with Crippen molar-refractivity contribution < 1.29 is 0 Å².